The Labute approximate surface area is 119 Å². The van der Waals surface area contributed by atoms with Crippen molar-refractivity contribution in [3.63, 3.8) is 0 Å². The second-order valence-corrected chi connectivity index (χ2v) is 4.80. The summed E-state index contributed by atoms with van der Waals surface area (Å²) in [6.45, 7) is 4.79. The number of nitrogens with one attached hydrogen (secondary N) is 2. The molecule has 0 bridgehead atoms. The number of aliphatic hydroxyl groups is 1. The first-order chi connectivity index (χ1) is 9.60. The van der Waals surface area contributed by atoms with Crippen LogP contribution in [0, 0.1) is 10.1 Å². The highest BCUT2D eigenvalue weighted by molar-refractivity contribution is 5.76. The fraction of sp³-hybridized carbons (Fsp3) is 0.571. The predicted molar refractivity (Wildman–Crippen MR) is 81.3 cm³/mol. The van der Waals surface area contributed by atoms with E-state index in [1.807, 2.05) is 13.8 Å². The first-order valence-corrected chi connectivity index (χ1v) is 6.98. The van der Waals surface area contributed by atoms with Crippen molar-refractivity contribution in [2.75, 3.05) is 23.8 Å². The van der Waals surface area contributed by atoms with Gasteiger partial charge < -0.3 is 15.7 Å². The van der Waals surface area contributed by atoms with Gasteiger partial charge in [-0.1, -0.05) is 13.0 Å². The topological polar surface area (TPSA) is 87.4 Å². The lowest BCUT2D eigenvalue weighted by atomic mass is 10.1. The average Bonchev–Trinajstić information content (AvgIpc) is 2.42. The van der Waals surface area contributed by atoms with Crippen LogP contribution in [0.1, 0.15) is 33.1 Å². The highest BCUT2D eigenvalue weighted by Gasteiger charge is 2.20. The van der Waals surface area contributed by atoms with Crippen LogP contribution in [0.4, 0.5) is 17.1 Å². The zero-order chi connectivity index (χ0) is 15.0. The molecule has 0 aliphatic carbocycles. The van der Waals surface area contributed by atoms with Crippen molar-refractivity contribution < 1.29 is 10.0 Å². The maximum Gasteiger partial charge on any atom is 0.315 e. The molecule has 0 saturated carbocycles. The maximum absolute atomic E-state index is 11.3. The Bertz CT molecular complexity index is 438. The molecule has 6 nitrogen and oxygen atoms in total. The molecule has 1 rings (SSSR count). The number of anilines is 2. The largest absolute Gasteiger partial charge is 0.396 e. The van der Waals surface area contributed by atoms with Crippen molar-refractivity contribution in [1.29, 1.82) is 0 Å². The Kier molecular flexibility index (Phi) is 6.79. The van der Waals surface area contributed by atoms with Crippen LogP contribution >= 0.6 is 0 Å². The van der Waals surface area contributed by atoms with E-state index < -0.39 is 0 Å². The molecule has 0 aliphatic heterocycles. The monoisotopic (exact) mass is 281 g/mol. The predicted octanol–water partition coefficient (Wildman–Crippen LogP) is 2.99. The number of hydrogen-bond acceptors (Lipinski definition) is 5. The van der Waals surface area contributed by atoms with Gasteiger partial charge in [0.05, 0.1) is 4.92 Å². The summed E-state index contributed by atoms with van der Waals surface area (Å²) in [6, 6.07) is 5.30. The number of aliphatic hydroxyl groups excluding tert-OH is 1. The third-order valence-electron chi connectivity index (χ3n) is 2.98. The number of nitro groups is 1. The Balaban J connectivity index is 2.91. The van der Waals surface area contributed by atoms with Crippen LogP contribution in [0.5, 0.6) is 0 Å². The van der Waals surface area contributed by atoms with Gasteiger partial charge in [0, 0.05) is 19.2 Å². The van der Waals surface area contributed by atoms with E-state index in [0.29, 0.717) is 24.3 Å². The van der Waals surface area contributed by atoms with Crippen LogP contribution < -0.4 is 10.6 Å². The highest BCUT2D eigenvalue weighted by Crippen LogP contribution is 2.33. The summed E-state index contributed by atoms with van der Waals surface area (Å²) < 4.78 is 0. The molecule has 1 aromatic carbocycles. The van der Waals surface area contributed by atoms with E-state index in [9.17, 15) is 10.1 Å². The summed E-state index contributed by atoms with van der Waals surface area (Å²) in [5, 5.41) is 26.3. The molecule has 0 fully saturated rings. The van der Waals surface area contributed by atoms with E-state index in [2.05, 4.69) is 10.6 Å². The lowest BCUT2D eigenvalue weighted by molar-refractivity contribution is -0.383. The fourth-order valence-electron chi connectivity index (χ4n) is 1.99. The molecule has 0 aliphatic rings. The Morgan fingerprint density at radius 1 is 1.40 bits per heavy atom. The number of nitrogens with zero attached hydrogens (tertiary/aromatic N) is 1. The molecule has 0 saturated heterocycles. The number of nitro benzene ring substituents is 1. The van der Waals surface area contributed by atoms with Crippen molar-refractivity contribution in [3.05, 3.63) is 28.3 Å². The highest BCUT2D eigenvalue weighted by atomic mass is 16.6. The summed E-state index contributed by atoms with van der Waals surface area (Å²) in [4.78, 5) is 10.9. The normalized spacial score (nSPS) is 11.9. The molecule has 112 valence electrons. The van der Waals surface area contributed by atoms with Gasteiger partial charge in [-0.3, -0.25) is 10.1 Å². The fourth-order valence-corrected chi connectivity index (χ4v) is 1.99. The molecule has 1 atom stereocenters. The minimum Gasteiger partial charge on any atom is -0.396 e. The van der Waals surface area contributed by atoms with Crippen LogP contribution in [-0.2, 0) is 0 Å². The van der Waals surface area contributed by atoms with Gasteiger partial charge in [0.1, 0.15) is 11.4 Å². The van der Waals surface area contributed by atoms with Gasteiger partial charge in [-0.05, 0) is 38.3 Å². The first-order valence-electron chi connectivity index (χ1n) is 6.98. The Morgan fingerprint density at radius 2 is 2.10 bits per heavy atom. The second kappa shape index (κ2) is 8.37. The minimum absolute atomic E-state index is 0.0716. The van der Waals surface area contributed by atoms with Gasteiger partial charge in [-0.15, -0.1) is 0 Å². The Hall–Kier alpha value is -1.82. The van der Waals surface area contributed by atoms with E-state index in [4.69, 9.17) is 5.11 Å². The number of hydrogen-bond donors (Lipinski definition) is 3. The number of benzene rings is 1. The average molecular weight is 281 g/mol. The summed E-state index contributed by atoms with van der Waals surface area (Å²) in [6.07, 6.45) is 2.34. The molecule has 6 heteroatoms. The van der Waals surface area contributed by atoms with Crippen LogP contribution in [0.15, 0.2) is 18.2 Å². The quantitative estimate of drug-likeness (QED) is 0.478. The van der Waals surface area contributed by atoms with Crippen LogP contribution in [0.3, 0.4) is 0 Å². The van der Waals surface area contributed by atoms with E-state index in [1.54, 1.807) is 18.2 Å². The molecule has 0 amide bonds. The van der Waals surface area contributed by atoms with Crippen molar-refractivity contribution in [1.82, 2.24) is 0 Å². The summed E-state index contributed by atoms with van der Waals surface area (Å²) in [7, 11) is 0. The molecule has 0 aromatic heterocycles. The molecule has 3 N–H and O–H groups in total. The Morgan fingerprint density at radius 3 is 2.70 bits per heavy atom. The van der Waals surface area contributed by atoms with Gasteiger partial charge in [0.25, 0.3) is 0 Å². The minimum atomic E-state index is -0.362. The van der Waals surface area contributed by atoms with E-state index in [1.165, 1.54) is 0 Å². The third-order valence-corrected chi connectivity index (χ3v) is 2.98. The van der Waals surface area contributed by atoms with Gasteiger partial charge in [-0.2, -0.15) is 0 Å². The molecular formula is C14H23N3O3. The van der Waals surface area contributed by atoms with Gasteiger partial charge >= 0.3 is 5.69 Å². The van der Waals surface area contributed by atoms with Crippen molar-refractivity contribution in [2.24, 2.45) is 0 Å². The van der Waals surface area contributed by atoms with Crippen LogP contribution in [0.2, 0.25) is 0 Å². The molecule has 0 spiro atoms. The summed E-state index contributed by atoms with van der Waals surface area (Å²) in [5.41, 5.74) is 1.13. The van der Waals surface area contributed by atoms with Gasteiger partial charge in [0.15, 0.2) is 0 Å². The number of rotatable bonds is 9. The lowest BCUT2D eigenvalue weighted by Gasteiger charge is -2.16. The van der Waals surface area contributed by atoms with E-state index >= 15 is 0 Å². The van der Waals surface area contributed by atoms with Gasteiger partial charge in [-0.25, -0.2) is 0 Å². The van der Waals surface area contributed by atoms with E-state index in [-0.39, 0.29) is 23.3 Å². The molecule has 1 unspecified atom stereocenters. The lowest BCUT2D eigenvalue weighted by Crippen LogP contribution is -2.17. The summed E-state index contributed by atoms with van der Waals surface area (Å²) in [5.74, 6) is 0. The third kappa shape index (κ3) is 4.70. The standard InChI is InChI=1S/C14H23N3O3/c1-3-9-15-12-7-4-8-13(14(12)17(19)20)16-11(2)6-5-10-18/h4,7-8,11,15-16,18H,3,5-6,9-10H2,1-2H3. The molecule has 1 aromatic rings. The first kappa shape index (κ1) is 16.2. The summed E-state index contributed by atoms with van der Waals surface area (Å²) >= 11 is 0. The van der Waals surface area contributed by atoms with Crippen molar-refractivity contribution in [3.8, 4) is 0 Å². The second-order valence-electron chi connectivity index (χ2n) is 4.80. The zero-order valence-corrected chi connectivity index (χ0v) is 12.1. The SMILES string of the molecule is CCCNc1cccc(NC(C)CCCO)c1[N+](=O)[O-]. The maximum atomic E-state index is 11.3. The van der Waals surface area contributed by atoms with Crippen LogP contribution in [-0.4, -0.2) is 29.2 Å². The zero-order valence-electron chi connectivity index (χ0n) is 12.1. The van der Waals surface area contributed by atoms with Crippen molar-refractivity contribution >= 4 is 17.1 Å². The van der Waals surface area contributed by atoms with Gasteiger partial charge in [0.2, 0.25) is 0 Å². The molecule has 0 heterocycles. The molecule has 20 heavy (non-hydrogen) atoms. The molecule has 0 radical (unpaired) electrons. The van der Waals surface area contributed by atoms with Crippen LogP contribution in [0.25, 0.3) is 0 Å². The number of para-hydroxylation sites is 1. The van der Waals surface area contributed by atoms with E-state index in [0.717, 1.165) is 12.8 Å². The smallest absolute Gasteiger partial charge is 0.315 e. The molecular weight excluding hydrogens is 258 g/mol. The van der Waals surface area contributed by atoms with Crippen molar-refractivity contribution in [2.45, 2.75) is 39.2 Å².